The van der Waals surface area contributed by atoms with E-state index in [-0.39, 0.29) is 6.79 Å². The van der Waals surface area contributed by atoms with Crippen molar-refractivity contribution < 1.29 is 9.47 Å². The van der Waals surface area contributed by atoms with Crippen LogP contribution in [0.15, 0.2) is 42.5 Å². The van der Waals surface area contributed by atoms with Crippen LogP contribution in [-0.2, 0) is 0 Å². The number of aromatic nitrogens is 2. The van der Waals surface area contributed by atoms with E-state index in [0.29, 0.717) is 17.5 Å². The van der Waals surface area contributed by atoms with Gasteiger partial charge in [0.05, 0.1) is 5.52 Å². The molecule has 1 aromatic heterocycles. The predicted molar refractivity (Wildman–Crippen MR) is 79.8 cm³/mol. The fourth-order valence-electron chi connectivity index (χ4n) is 2.26. The van der Waals surface area contributed by atoms with Gasteiger partial charge in [-0.15, -0.1) is 0 Å². The van der Waals surface area contributed by atoms with E-state index in [2.05, 4.69) is 15.3 Å². The molecular formula is C15H12N4O2. The van der Waals surface area contributed by atoms with Gasteiger partial charge in [-0.05, 0) is 24.3 Å². The standard InChI is InChI=1S/C15H12N4O2/c16-14-10-3-1-2-4-11(10)18-15(19-14)17-9-5-6-12-13(7-9)21-8-20-12/h1-7H,8H2,(H3,16,17,18,19). The van der Waals surface area contributed by atoms with Crippen molar-refractivity contribution in [3.63, 3.8) is 0 Å². The SMILES string of the molecule is Nc1nc(Nc2ccc3c(c2)OCO3)nc2ccccc12. The quantitative estimate of drug-likeness (QED) is 0.751. The molecule has 2 aromatic carbocycles. The maximum atomic E-state index is 5.97. The number of fused-ring (bicyclic) bond motifs is 2. The first kappa shape index (κ1) is 11.8. The second kappa shape index (κ2) is 4.52. The maximum Gasteiger partial charge on any atom is 0.231 e. The van der Waals surface area contributed by atoms with Gasteiger partial charge >= 0.3 is 0 Å². The Kier molecular flexibility index (Phi) is 2.53. The minimum Gasteiger partial charge on any atom is -0.454 e. The number of anilines is 3. The van der Waals surface area contributed by atoms with Crippen LogP contribution in [-0.4, -0.2) is 16.8 Å². The average molecular weight is 280 g/mol. The highest BCUT2D eigenvalue weighted by Crippen LogP contribution is 2.35. The number of nitrogen functional groups attached to an aromatic ring is 1. The van der Waals surface area contributed by atoms with Crippen LogP contribution in [0.25, 0.3) is 10.9 Å². The van der Waals surface area contributed by atoms with Gasteiger partial charge in [0, 0.05) is 17.1 Å². The van der Waals surface area contributed by atoms with Gasteiger partial charge in [0.25, 0.3) is 0 Å². The van der Waals surface area contributed by atoms with Crippen LogP contribution in [0, 0.1) is 0 Å². The van der Waals surface area contributed by atoms with Crippen molar-refractivity contribution in [1.29, 1.82) is 0 Å². The molecule has 1 aliphatic rings. The predicted octanol–water partition coefficient (Wildman–Crippen LogP) is 2.68. The Morgan fingerprint density at radius 3 is 2.81 bits per heavy atom. The van der Waals surface area contributed by atoms with Crippen LogP contribution in [0.1, 0.15) is 0 Å². The molecule has 0 unspecified atom stereocenters. The van der Waals surface area contributed by atoms with Gasteiger partial charge in [-0.1, -0.05) is 12.1 Å². The summed E-state index contributed by atoms with van der Waals surface area (Å²) in [6.45, 7) is 0.248. The lowest BCUT2D eigenvalue weighted by atomic mass is 10.2. The third-order valence-corrected chi connectivity index (χ3v) is 3.26. The number of ether oxygens (including phenoxy) is 2. The first-order valence-electron chi connectivity index (χ1n) is 6.48. The molecule has 0 spiro atoms. The molecule has 6 nitrogen and oxygen atoms in total. The third kappa shape index (κ3) is 2.06. The number of rotatable bonds is 2. The van der Waals surface area contributed by atoms with Crippen molar-refractivity contribution >= 4 is 28.4 Å². The zero-order valence-corrected chi connectivity index (χ0v) is 11.0. The molecule has 6 heteroatoms. The molecule has 0 bridgehead atoms. The Balaban J connectivity index is 1.71. The first-order valence-corrected chi connectivity index (χ1v) is 6.48. The number of nitrogens with one attached hydrogen (secondary N) is 1. The van der Waals surface area contributed by atoms with E-state index in [0.717, 1.165) is 22.3 Å². The smallest absolute Gasteiger partial charge is 0.231 e. The summed E-state index contributed by atoms with van der Waals surface area (Å²) in [6, 6.07) is 13.2. The number of nitrogens with two attached hydrogens (primary N) is 1. The number of hydrogen-bond donors (Lipinski definition) is 2. The van der Waals surface area contributed by atoms with E-state index in [9.17, 15) is 0 Å². The van der Waals surface area contributed by atoms with Gasteiger partial charge in [-0.3, -0.25) is 0 Å². The van der Waals surface area contributed by atoms with Crippen LogP contribution in [0.2, 0.25) is 0 Å². The molecule has 4 rings (SSSR count). The molecule has 21 heavy (non-hydrogen) atoms. The summed E-state index contributed by atoms with van der Waals surface area (Å²) < 4.78 is 10.6. The monoisotopic (exact) mass is 280 g/mol. The van der Waals surface area contributed by atoms with Gasteiger partial charge in [0.15, 0.2) is 11.5 Å². The van der Waals surface area contributed by atoms with Crippen LogP contribution in [0.5, 0.6) is 11.5 Å². The lowest BCUT2D eigenvalue weighted by Gasteiger charge is -2.08. The number of hydrogen-bond acceptors (Lipinski definition) is 6. The van der Waals surface area contributed by atoms with E-state index in [1.165, 1.54) is 0 Å². The van der Waals surface area contributed by atoms with E-state index < -0.39 is 0 Å². The Labute approximate surface area is 120 Å². The molecule has 0 amide bonds. The topological polar surface area (TPSA) is 82.3 Å². The molecule has 104 valence electrons. The fourth-order valence-corrected chi connectivity index (χ4v) is 2.26. The summed E-state index contributed by atoms with van der Waals surface area (Å²) in [4.78, 5) is 8.72. The second-order valence-electron chi connectivity index (χ2n) is 4.64. The maximum absolute atomic E-state index is 5.97. The zero-order valence-electron chi connectivity index (χ0n) is 11.0. The van der Waals surface area contributed by atoms with Crippen LogP contribution >= 0.6 is 0 Å². The van der Waals surface area contributed by atoms with Crippen molar-refractivity contribution in [3.05, 3.63) is 42.5 Å². The zero-order chi connectivity index (χ0) is 14.2. The Hall–Kier alpha value is -3.02. The first-order chi connectivity index (χ1) is 10.3. The summed E-state index contributed by atoms with van der Waals surface area (Å²) in [5.41, 5.74) is 7.58. The van der Waals surface area contributed by atoms with Crippen molar-refractivity contribution in [2.45, 2.75) is 0 Å². The normalized spacial score (nSPS) is 12.6. The molecule has 0 saturated heterocycles. The summed E-state index contributed by atoms with van der Waals surface area (Å²) >= 11 is 0. The summed E-state index contributed by atoms with van der Waals surface area (Å²) in [5, 5.41) is 3.97. The highest BCUT2D eigenvalue weighted by atomic mass is 16.7. The van der Waals surface area contributed by atoms with Crippen LogP contribution in [0.4, 0.5) is 17.5 Å². The number of para-hydroxylation sites is 1. The molecule has 0 atom stereocenters. The van der Waals surface area contributed by atoms with E-state index >= 15 is 0 Å². The minimum atomic E-state index is 0.248. The van der Waals surface area contributed by atoms with Crippen LogP contribution < -0.4 is 20.5 Å². The van der Waals surface area contributed by atoms with E-state index in [1.807, 2.05) is 42.5 Å². The van der Waals surface area contributed by atoms with Crippen molar-refractivity contribution in [1.82, 2.24) is 9.97 Å². The molecule has 0 fully saturated rings. The second-order valence-corrected chi connectivity index (χ2v) is 4.64. The Bertz CT molecular complexity index is 835. The molecule has 0 radical (unpaired) electrons. The third-order valence-electron chi connectivity index (χ3n) is 3.26. The lowest BCUT2D eigenvalue weighted by Crippen LogP contribution is -2.01. The fraction of sp³-hybridized carbons (Fsp3) is 0.0667. The largest absolute Gasteiger partial charge is 0.454 e. The average Bonchev–Trinajstić information content (AvgIpc) is 2.95. The van der Waals surface area contributed by atoms with Crippen LogP contribution in [0.3, 0.4) is 0 Å². The summed E-state index contributed by atoms with van der Waals surface area (Å²) in [5.74, 6) is 2.34. The van der Waals surface area contributed by atoms with E-state index in [1.54, 1.807) is 0 Å². The van der Waals surface area contributed by atoms with Gasteiger partial charge in [0.1, 0.15) is 5.82 Å². The summed E-state index contributed by atoms with van der Waals surface area (Å²) in [6.07, 6.45) is 0. The Morgan fingerprint density at radius 1 is 1.00 bits per heavy atom. The van der Waals surface area contributed by atoms with E-state index in [4.69, 9.17) is 15.2 Å². The van der Waals surface area contributed by atoms with Gasteiger partial charge in [-0.2, -0.15) is 4.98 Å². The molecule has 2 heterocycles. The molecule has 1 aliphatic heterocycles. The molecule has 0 aliphatic carbocycles. The highest BCUT2D eigenvalue weighted by Gasteiger charge is 2.13. The highest BCUT2D eigenvalue weighted by molar-refractivity contribution is 5.89. The number of benzene rings is 2. The lowest BCUT2D eigenvalue weighted by molar-refractivity contribution is 0.174. The van der Waals surface area contributed by atoms with Crippen molar-refractivity contribution in [3.8, 4) is 11.5 Å². The molecule has 0 saturated carbocycles. The summed E-state index contributed by atoms with van der Waals surface area (Å²) in [7, 11) is 0. The molecule has 3 aromatic rings. The molecule has 3 N–H and O–H groups in total. The van der Waals surface area contributed by atoms with Gasteiger partial charge in [-0.25, -0.2) is 4.98 Å². The van der Waals surface area contributed by atoms with Gasteiger partial charge < -0.3 is 20.5 Å². The van der Waals surface area contributed by atoms with Crippen molar-refractivity contribution in [2.24, 2.45) is 0 Å². The molecular weight excluding hydrogens is 268 g/mol. The van der Waals surface area contributed by atoms with Crippen molar-refractivity contribution in [2.75, 3.05) is 17.8 Å². The Morgan fingerprint density at radius 2 is 1.86 bits per heavy atom. The van der Waals surface area contributed by atoms with Gasteiger partial charge in [0.2, 0.25) is 12.7 Å². The minimum absolute atomic E-state index is 0.248. The number of nitrogens with zero attached hydrogens (tertiary/aromatic N) is 2.